The van der Waals surface area contributed by atoms with Gasteiger partial charge in [0.15, 0.2) is 0 Å². The van der Waals surface area contributed by atoms with E-state index in [2.05, 4.69) is 31.2 Å². The molecule has 3 rings (SSSR count). The van der Waals surface area contributed by atoms with Gasteiger partial charge in [-0.25, -0.2) is 9.18 Å². The van der Waals surface area contributed by atoms with E-state index >= 15 is 0 Å². The smallest absolute Gasteiger partial charge is 0.338 e. The largest absolute Gasteiger partial charge is 0.478 e. The Labute approximate surface area is 135 Å². The number of carboxylic acid groups (broad SMARTS) is 1. The standard InChI is InChI=1S/C20H19FO2/c1-2-3-13-4-6-14(7-5-13)15-8-10-17-16(12-15)9-11-18(19(17)21)20(22)23/h4-7,9,11-12H,2-3,8,10H2,1H3,(H,22,23). The number of carbonyl (C=O) groups is 1. The molecule has 0 heterocycles. The van der Waals surface area contributed by atoms with Crippen LogP contribution in [0.4, 0.5) is 4.39 Å². The van der Waals surface area contributed by atoms with E-state index in [0.717, 1.165) is 30.4 Å². The van der Waals surface area contributed by atoms with Crippen LogP contribution in [-0.4, -0.2) is 11.1 Å². The second-order valence-corrected chi connectivity index (χ2v) is 5.92. The van der Waals surface area contributed by atoms with E-state index in [1.807, 2.05) is 6.08 Å². The predicted molar refractivity (Wildman–Crippen MR) is 90.0 cm³/mol. The third kappa shape index (κ3) is 3.04. The van der Waals surface area contributed by atoms with E-state index in [4.69, 9.17) is 5.11 Å². The van der Waals surface area contributed by atoms with Crippen LogP contribution >= 0.6 is 0 Å². The van der Waals surface area contributed by atoms with E-state index in [1.165, 1.54) is 17.2 Å². The molecule has 2 aromatic rings. The average Bonchev–Trinajstić information content (AvgIpc) is 2.55. The van der Waals surface area contributed by atoms with Crippen molar-refractivity contribution >= 4 is 17.6 Å². The second-order valence-electron chi connectivity index (χ2n) is 5.92. The summed E-state index contributed by atoms with van der Waals surface area (Å²) in [6.07, 6.45) is 5.43. The summed E-state index contributed by atoms with van der Waals surface area (Å²) < 4.78 is 14.3. The summed E-state index contributed by atoms with van der Waals surface area (Å²) in [6.45, 7) is 2.16. The predicted octanol–water partition coefficient (Wildman–Crippen LogP) is 4.96. The van der Waals surface area contributed by atoms with Crippen molar-refractivity contribution in [3.05, 3.63) is 70.0 Å². The molecule has 0 aromatic heterocycles. The number of aromatic carboxylic acids is 1. The SMILES string of the molecule is CCCc1ccc(C2=Cc3ccc(C(=O)O)c(F)c3CC2)cc1. The number of halogens is 1. The van der Waals surface area contributed by atoms with Crippen LogP contribution in [0.2, 0.25) is 0 Å². The molecule has 23 heavy (non-hydrogen) atoms. The van der Waals surface area contributed by atoms with E-state index in [-0.39, 0.29) is 5.56 Å². The molecule has 0 saturated carbocycles. The van der Waals surface area contributed by atoms with Gasteiger partial charge in [-0.15, -0.1) is 0 Å². The Balaban J connectivity index is 1.94. The quantitative estimate of drug-likeness (QED) is 0.866. The Bertz CT molecular complexity index is 773. The van der Waals surface area contributed by atoms with Crippen LogP contribution in [0.15, 0.2) is 36.4 Å². The summed E-state index contributed by atoms with van der Waals surface area (Å²) in [5.41, 5.74) is 4.69. The highest BCUT2D eigenvalue weighted by Gasteiger charge is 2.20. The van der Waals surface area contributed by atoms with Gasteiger partial charge in [-0.1, -0.05) is 49.8 Å². The van der Waals surface area contributed by atoms with Crippen molar-refractivity contribution in [1.29, 1.82) is 0 Å². The molecule has 0 saturated heterocycles. The number of rotatable bonds is 4. The van der Waals surface area contributed by atoms with Gasteiger partial charge in [0.25, 0.3) is 0 Å². The Morgan fingerprint density at radius 2 is 1.87 bits per heavy atom. The van der Waals surface area contributed by atoms with Gasteiger partial charge in [-0.2, -0.15) is 0 Å². The molecule has 0 unspecified atom stereocenters. The Morgan fingerprint density at radius 1 is 1.13 bits per heavy atom. The molecule has 2 aromatic carbocycles. The van der Waals surface area contributed by atoms with Crippen LogP contribution in [0.25, 0.3) is 11.6 Å². The summed E-state index contributed by atoms with van der Waals surface area (Å²) >= 11 is 0. The Hall–Kier alpha value is -2.42. The lowest BCUT2D eigenvalue weighted by Gasteiger charge is -2.18. The van der Waals surface area contributed by atoms with Crippen LogP contribution in [0.1, 0.15) is 52.4 Å². The zero-order valence-electron chi connectivity index (χ0n) is 13.1. The zero-order chi connectivity index (χ0) is 16.4. The molecule has 0 fully saturated rings. The van der Waals surface area contributed by atoms with Gasteiger partial charge in [0.1, 0.15) is 5.82 Å². The number of fused-ring (bicyclic) bond motifs is 1. The fourth-order valence-electron chi connectivity index (χ4n) is 3.11. The molecule has 2 nitrogen and oxygen atoms in total. The summed E-state index contributed by atoms with van der Waals surface area (Å²) in [7, 11) is 0. The van der Waals surface area contributed by atoms with E-state index in [9.17, 15) is 9.18 Å². The lowest BCUT2D eigenvalue weighted by Crippen LogP contribution is -2.08. The number of carboxylic acids is 1. The first-order chi connectivity index (χ1) is 11.1. The Morgan fingerprint density at radius 3 is 2.52 bits per heavy atom. The lowest BCUT2D eigenvalue weighted by molar-refractivity contribution is 0.0691. The van der Waals surface area contributed by atoms with Gasteiger partial charge in [0, 0.05) is 0 Å². The molecule has 1 aliphatic rings. The first-order valence-corrected chi connectivity index (χ1v) is 7.94. The molecule has 0 bridgehead atoms. The van der Waals surface area contributed by atoms with Crippen molar-refractivity contribution in [3.8, 4) is 0 Å². The lowest BCUT2D eigenvalue weighted by atomic mass is 9.87. The van der Waals surface area contributed by atoms with Gasteiger partial charge in [0.05, 0.1) is 5.56 Å². The molecule has 3 heteroatoms. The molecule has 0 aliphatic heterocycles. The second kappa shape index (κ2) is 6.37. The minimum absolute atomic E-state index is 0.246. The highest BCUT2D eigenvalue weighted by Crippen LogP contribution is 2.32. The van der Waals surface area contributed by atoms with Crippen LogP contribution in [0.5, 0.6) is 0 Å². The summed E-state index contributed by atoms with van der Waals surface area (Å²) in [5.74, 6) is -1.81. The maximum absolute atomic E-state index is 14.3. The van der Waals surface area contributed by atoms with Crippen LogP contribution in [0.3, 0.4) is 0 Å². The summed E-state index contributed by atoms with van der Waals surface area (Å²) in [6, 6.07) is 11.6. The minimum atomic E-state index is -1.22. The monoisotopic (exact) mass is 310 g/mol. The van der Waals surface area contributed by atoms with Crippen molar-refractivity contribution in [1.82, 2.24) is 0 Å². The molecule has 0 spiro atoms. The van der Waals surface area contributed by atoms with Crippen molar-refractivity contribution in [2.24, 2.45) is 0 Å². The fourth-order valence-corrected chi connectivity index (χ4v) is 3.11. The van der Waals surface area contributed by atoms with E-state index in [0.29, 0.717) is 12.0 Å². The molecular weight excluding hydrogens is 291 g/mol. The van der Waals surface area contributed by atoms with Gasteiger partial charge >= 0.3 is 5.97 Å². The van der Waals surface area contributed by atoms with Crippen molar-refractivity contribution < 1.29 is 14.3 Å². The van der Waals surface area contributed by atoms with Gasteiger partial charge < -0.3 is 5.11 Å². The third-order valence-corrected chi connectivity index (χ3v) is 4.35. The number of hydrogen-bond acceptors (Lipinski definition) is 1. The summed E-state index contributed by atoms with van der Waals surface area (Å²) in [4.78, 5) is 11.0. The molecule has 0 radical (unpaired) electrons. The van der Waals surface area contributed by atoms with Crippen molar-refractivity contribution in [3.63, 3.8) is 0 Å². The van der Waals surface area contributed by atoms with Crippen molar-refractivity contribution in [2.75, 3.05) is 0 Å². The maximum Gasteiger partial charge on any atom is 0.338 e. The minimum Gasteiger partial charge on any atom is -0.478 e. The molecule has 1 N–H and O–H groups in total. The van der Waals surface area contributed by atoms with Crippen molar-refractivity contribution in [2.45, 2.75) is 32.6 Å². The first kappa shape index (κ1) is 15.5. The number of benzene rings is 2. The molecular formula is C20H19FO2. The maximum atomic E-state index is 14.3. The van der Waals surface area contributed by atoms with Crippen LogP contribution in [-0.2, 0) is 12.8 Å². The van der Waals surface area contributed by atoms with E-state index in [1.54, 1.807) is 6.07 Å². The average molecular weight is 310 g/mol. The van der Waals surface area contributed by atoms with E-state index < -0.39 is 11.8 Å². The third-order valence-electron chi connectivity index (χ3n) is 4.35. The topological polar surface area (TPSA) is 37.3 Å². The summed E-state index contributed by atoms with van der Waals surface area (Å²) in [5, 5.41) is 9.01. The molecule has 1 aliphatic carbocycles. The number of allylic oxidation sites excluding steroid dienone is 1. The Kier molecular flexibility index (Phi) is 4.28. The van der Waals surface area contributed by atoms with Gasteiger partial charge in [-0.3, -0.25) is 0 Å². The highest BCUT2D eigenvalue weighted by molar-refractivity contribution is 5.90. The van der Waals surface area contributed by atoms with Gasteiger partial charge in [0.2, 0.25) is 0 Å². The number of hydrogen-bond donors (Lipinski definition) is 1. The molecule has 0 amide bonds. The van der Waals surface area contributed by atoms with Crippen LogP contribution < -0.4 is 0 Å². The highest BCUT2D eigenvalue weighted by atomic mass is 19.1. The first-order valence-electron chi connectivity index (χ1n) is 7.94. The zero-order valence-corrected chi connectivity index (χ0v) is 13.1. The van der Waals surface area contributed by atoms with Gasteiger partial charge in [-0.05, 0) is 53.2 Å². The normalized spacial score (nSPS) is 13.4. The fraction of sp³-hybridized carbons (Fsp3) is 0.250. The number of aryl methyl sites for hydroxylation is 1. The van der Waals surface area contributed by atoms with Crippen LogP contribution in [0, 0.1) is 5.82 Å². The molecule has 118 valence electrons. The molecule has 0 atom stereocenters.